The fourth-order valence-corrected chi connectivity index (χ4v) is 2.64. The number of nitrogens with two attached hydrogens (primary N) is 1. The largest absolute Gasteiger partial charge is 0.449 e. The fourth-order valence-electron chi connectivity index (χ4n) is 2.64. The number of benzene rings is 2. The number of carbonyl (C=O) groups is 3. The zero-order chi connectivity index (χ0) is 19.8. The quantitative estimate of drug-likeness (QED) is 0.700. The minimum Gasteiger partial charge on any atom is -0.449 e. The monoisotopic (exact) mass is 368 g/mol. The molecule has 0 saturated carbocycles. The first-order chi connectivity index (χ1) is 12.9. The molecular formula is C21H24N2O4. The molecule has 3 N–H and O–H groups in total. The van der Waals surface area contributed by atoms with Gasteiger partial charge < -0.3 is 15.8 Å². The van der Waals surface area contributed by atoms with Gasteiger partial charge in [0.15, 0.2) is 6.10 Å². The van der Waals surface area contributed by atoms with E-state index in [4.69, 9.17) is 10.5 Å². The number of nitrogens with one attached hydrogen (secondary N) is 1. The number of carbonyl (C=O) groups excluding carboxylic acids is 3. The molecular weight excluding hydrogens is 344 g/mol. The van der Waals surface area contributed by atoms with Crippen LogP contribution in [0.15, 0.2) is 54.6 Å². The van der Waals surface area contributed by atoms with E-state index in [0.717, 1.165) is 18.4 Å². The molecule has 6 nitrogen and oxygen atoms in total. The Morgan fingerprint density at radius 3 is 2.15 bits per heavy atom. The number of amides is 2. The van der Waals surface area contributed by atoms with Gasteiger partial charge in [0.1, 0.15) is 0 Å². The third-order valence-electron chi connectivity index (χ3n) is 4.15. The van der Waals surface area contributed by atoms with Crippen molar-refractivity contribution in [3.63, 3.8) is 0 Å². The van der Waals surface area contributed by atoms with E-state index >= 15 is 0 Å². The highest BCUT2D eigenvalue weighted by Gasteiger charge is 2.22. The molecule has 0 aromatic heterocycles. The molecule has 0 saturated heterocycles. The van der Waals surface area contributed by atoms with E-state index in [0.29, 0.717) is 5.56 Å². The van der Waals surface area contributed by atoms with Crippen LogP contribution in [0.25, 0.3) is 0 Å². The molecule has 0 aliphatic carbocycles. The predicted octanol–water partition coefficient (Wildman–Crippen LogP) is 2.99. The highest BCUT2D eigenvalue weighted by atomic mass is 16.5. The molecule has 0 aliphatic heterocycles. The van der Waals surface area contributed by atoms with Crippen molar-refractivity contribution in [1.29, 1.82) is 0 Å². The van der Waals surface area contributed by atoms with E-state index in [-0.39, 0.29) is 17.5 Å². The molecule has 2 unspecified atom stereocenters. The Labute approximate surface area is 158 Å². The highest BCUT2D eigenvalue weighted by Crippen LogP contribution is 2.18. The summed E-state index contributed by atoms with van der Waals surface area (Å²) in [5.74, 6) is -1.58. The smallest absolute Gasteiger partial charge is 0.338 e. The molecule has 27 heavy (non-hydrogen) atoms. The highest BCUT2D eigenvalue weighted by molar-refractivity contribution is 5.96. The van der Waals surface area contributed by atoms with Gasteiger partial charge in [-0.15, -0.1) is 0 Å². The summed E-state index contributed by atoms with van der Waals surface area (Å²) in [6.45, 7) is 3.57. The molecule has 0 bridgehead atoms. The lowest BCUT2D eigenvalue weighted by Gasteiger charge is -2.21. The van der Waals surface area contributed by atoms with Crippen molar-refractivity contribution >= 4 is 17.8 Å². The molecule has 2 aromatic carbocycles. The first-order valence-electron chi connectivity index (χ1n) is 8.88. The predicted molar refractivity (Wildman–Crippen MR) is 102 cm³/mol. The summed E-state index contributed by atoms with van der Waals surface area (Å²) < 4.78 is 5.25. The summed E-state index contributed by atoms with van der Waals surface area (Å²) >= 11 is 0. The van der Waals surface area contributed by atoms with Gasteiger partial charge in [0.25, 0.3) is 5.91 Å². The summed E-state index contributed by atoms with van der Waals surface area (Å²) in [5, 5.41) is 2.94. The van der Waals surface area contributed by atoms with Crippen molar-refractivity contribution in [2.45, 2.75) is 38.8 Å². The van der Waals surface area contributed by atoms with Crippen molar-refractivity contribution in [3.8, 4) is 0 Å². The molecule has 0 radical (unpaired) electrons. The van der Waals surface area contributed by atoms with Crippen molar-refractivity contribution in [2.24, 2.45) is 5.73 Å². The Morgan fingerprint density at radius 2 is 1.59 bits per heavy atom. The zero-order valence-electron chi connectivity index (χ0n) is 15.5. The van der Waals surface area contributed by atoms with Crippen LogP contribution in [0.1, 0.15) is 59.0 Å². The van der Waals surface area contributed by atoms with E-state index < -0.39 is 18.0 Å². The number of ether oxygens (including phenoxy) is 1. The number of primary amides is 1. The van der Waals surface area contributed by atoms with Crippen molar-refractivity contribution in [1.82, 2.24) is 5.32 Å². The first-order valence-corrected chi connectivity index (χ1v) is 8.88. The molecule has 2 atom stereocenters. The maximum Gasteiger partial charge on any atom is 0.338 e. The molecule has 0 fully saturated rings. The van der Waals surface area contributed by atoms with Crippen molar-refractivity contribution in [3.05, 3.63) is 71.3 Å². The Kier molecular flexibility index (Phi) is 7.11. The van der Waals surface area contributed by atoms with Crippen LogP contribution < -0.4 is 11.1 Å². The summed E-state index contributed by atoms with van der Waals surface area (Å²) in [6, 6.07) is 15.3. The number of hydrogen-bond acceptors (Lipinski definition) is 4. The topological polar surface area (TPSA) is 98.5 Å². The Bertz CT molecular complexity index is 788. The summed E-state index contributed by atoms with van der Waals surface area (Å²) in [7, 11) is 0. The average Bonchev–Trinajstić information content (AvgIpc) is 2.68. The first kappa shape index (κ1) is 20.2. The normalized spacial score (nSPS) is 12.7. The minimum absolute atomic E-state index is 0.139. The Morgan fingerprint density at radius 1 is 1.00 bits per heavy atom. The van der Waals surface area contributed by atoms with E-state index in [1.807, 2.05) is 37.3 Å². The summed E-state index contributed by atoms with van der Waals surface area (Å²) in [5.41, 5.74) is 6.72. The molecule has 2 rings (SSSR count). The SMILES string of the molecule is CCCC(NC(=O)C(C)OC(=O)c1ccc(C(N)=O)cc1)c1ccccc1. The molecule has 142 valence electrons. The molecule has 2 amide bonds. The fraction of sp³-hybridized carbons (Fsp3) is 0.286. The lowest BCUT2D eigenvalue weighted by molar-refractivity contribution is -0.129. The Hall–Kier alpha value is -3.15. The van der Waals surface area contributed by atoms with E-state index in [9.17, 15) is 14.4 Å². The standard InChI is InChI=1S/C21H24N2O4/c1-3-7-18(15-8-5-4-6-9-15)23-20(25)14(2)27-21(26)17-12-10-16(11-13-17)19(22)24/h4-6,8-14,18H,3,7H2,1-2H3,(H2,22,24)(H,23,25). The lowest BCUT2D eigenvalue weighted by atomic mass is 10.0. The Balaban J connectivity index is 1.99. The van der Waals surface area contributed by atoms with Gasteiger partial charge in [0.05, 0.1) is 11.6 Å². The van der Waals surface area contributed by atoms with Gasteiger partial charge in [-0.3, -0.25) is 9.59 Å². The third kappa shape index (κ3) is 5.67. The number of hydrogen-bond donors (Lipinski definition) is 2. The van der Waals surface area contributed by atoms with Gasteiger partial charge in [-0.05, 0) is 43.2 Å². The second-order valence-electron chi connectivity index (χ2n) is 6.25. The minimum atomic E-state index is -0.948. The van der Waals surface area contributed by atoms with Crippen LogP contribution in [-0.4, -0.2) is 23.9 Å². The van der Waals surface area contributed by atoms with Crippen LogP contribution in [0.4, 0.5) is 0 Å². The van der Waals surface area contributed by atoms with Gasteiger partial charge >= 0.3 is 5.97 Å². The maximum atomic E-state index is 12.5. The third-order valence-corrected chi connectivity index (χ3v) is 4.15. The van der Waals surface area contributed by atoms with E-state index in [2.05, 4.69) is 5.32 Å². The number of esters is 1. The van der Waals surface area contributed by atoms with Crippen LogP contribution in [0.3, 0.4) is 0 Å². The van der Waals surface area contributed by atoms with Crippen LogP contribution in [0.5, 0.6) is 0 Å². The summed E-state index contributed by atoms with van der Waals surface area (Å²) in [4.78, 5) is 35.7. The van der Waals surface area contributed by atoms with Crippen molar-refractivity contribution in [2.75, 3.05) is 0 Å². The van der Waals surface area contributed by atoms with Crippen LogP contribution in [0, 0.1) is 0 Å². The number of rotatable bonds is 8. The van der Waals surface area contributed by atoms with Crippen LogP contribution in [-0.2, 0) is 9.53 Å². The van der Waals surface area contributed by atoms with Crippen LogP contribution in [0.2, 0.25) is 0 Å². The second-order valence-corrected chi connectivity index (χ2v) is 6.25. The van der Waals surface area contributed by atoms with Gasteiger partial charge in [-0.1, -0.05) is 43.7 Å². The molecule has 2 aromatic rings. The second kappa shape index (κ2) is 9.52. The molecule has 0 heterocycles. The van der Waals surface area contributed by atoms with E-state index in [1.165, 1.54) is 31.2 Å². The zero-order valence-corrected chi connectivity index (χ0v) is 15.5. The van der Waals surface area contributed by atoms with Gasteiger partial charge in [-0.2, -0.15) is 0 Å². The lowest BCUT2D eigenvalue weighted by Crippen LogP contribution is -2.38. The molecule has 6 heteroatoms. The van der Waals surface area contributed by atoms with Crippen LogP contribution >= 0.6 is 0 Å². The average molecular weight is 368 g/mol. The van der Waals surface area contributed by atoms with Gasteiger partial charge in [0, 0.05) is 5.56 Å². The molecule has 0 spiro atoms. The van der Waals surface area contributed by atoms with Gasteiger partial charge in [0.2, 0.25) is 5.91 Å². The van der Waals surface area contributed by atoms with E-state index in [1.54, 1.807) is 0 Å². The molecule has 0 aliphatic rings. The summed E-state index contributed by atoms with van der Waals surface area (Å²) in [6.07, 6.45) is 0.738. The van der Waals surface area contributed by atoms with Gasteiger partial charge in [-0.25, -0.2) is 4.79 Å². The van der Waals surface area contributed by atoms with Crippen molar-refractivity contribution < 1.29 is 19.1 Å². The maximum absolute atomic E-state index is 12.5.